The minimum atomic E-state index is -0.476. The van der Waals surface area contributed by atoms with Crippen molar-refractivity contribution in [3.05, 3.63) is 41.7 Å². The molecular weight excluding hydrogens is 361 g/mol. The zero-order chi connectivity index (χ0) is 18.0. The van der Waals surface area contributed by atoms with Gasteiger partial charge in [0.05, 0.1) is 6.10 Å². The van der Waals surface area contributed by atoms with Crippen LogP contribution in [-0.2, 0) is 0 Å². The van der Waals surface area contributed by atoms with E-state index in [1.807, 2.05) is 13.8 Å². The molecule has 0 bridgehead atoms. The monoisotopic (exact) mass is 383 g/mol. The van der Waals surface area contributed by atoms with Crippen LogP contribution in [0.1, 0.15) is 36.2 Å². The summed E-state index contributed by atoms with van der Waals surface area (Å²) in [6.07, 6.45) is -0.476. The maximum atomic E-state index is 14.1. The Bertz CT molecular complexity index is 767. The van der Waals surface area contributed by atoms with Crippen LogP contribution in [0.2, 0.25) is 0 Å². The summed E-state index contributed by atoms with van der Waals surface area (Å²) in [7, 11) is 0. The molecule has 2 heterocycles. The second kappa shape index (κ2) is 8.57. The van der Waals surface area contributed by atoms with Gasteiger partial charge >= 0.3 is 0 Å². The number of para-hydroxylation sites is 1. The summed E-state index contributed by atoms with van der Waals surface area (Å²) in [5.74, 6) is -0.431. The second-order valence-corrected chi connectivity index (χ2v) is 6.51. The van der Waals surface area contributed by atoms with E-state index in [-0.39, 0.29) is 35.8 Å². The summed E-state index contributed by atoms with van der Waals surface area (Å²) in [4.78, 5) is 16.7. The Morgan fingerprint density at radius 3 is 2.77 bits per heavy atom. The van der Waals surface area contributed by atoms with Gasteiger partial charge in [0.25, 0.3) is 5.91 Å². The number of amides is 1. The number of carbonyl (C=O) groups is 1. The van der Waals surface area contributed by atoms with Crippen LogP contribution < -0.4 is 10.6 Å². The molecule has 142 valence electrons. The standard InChI is InChI=1S/C17H22FN5O2.ClH/c1-10(2)16-21-15(17(25)20-8-11-7-19-9-14(11)24)22-23(16)13-6-4-3-5-12(13)18;/h3-6,10-11,14,19,24H,7-9H2,1-2H3,(H,20,25);1H. The molecule has 2 atom stereocenters. The minimum Gasteiger partial charge on any atom is -0.391 e. The second-order valence-electron chi connectivity index (χ2n) is 6.51. The fourth-order valence-corrected chi connectivity index (χ4v) is 2.83. The van der Waals surface area contributed by atoms with Gasteiger partial charge in [0.15, 0.2) is 0 Å². The first-order valence-corrected chi connectivity index (χ1v) is 8.36. The summed E-state index contributed by atoms with van der Waals surface area (Å²) in [6.45, 7) is 5.32. The molecule has 1 amide bonds. The molecule has 1 fully saturated rings. The van der Waals surface area contributed by atoms with E-state index in [0.717, 1.165) is 0 Å². The van der Waals surface area contributed by atoms with E-state index in [2.05, 4.69) is 20.7 Å². The van der Waals surface area contributed by atoms with E-state index in [0.29, 0.717) is 25.5 Å². The van der Waals surface area contributed by atoms with E-state index in [9.17, 15) is 14.3 Å². The number of aliphatic hydroxyl groups is 1. The predicted molar refractivity (Wildman–Crippen MR) is 97.4 cm³/mol. The molecule has 7 nitrogen and oxygen atoms in total. The van der Waals surface area contributed by atoms with Gasteiger partial charge in [-0.1, -0.05) is 26.0 Å². The van der Waals surface area contributed by atoms with Gasteiger partial charge in [-0.05, 0) is 12.1 Å². The third-order valence-electron chi connectivity index (χ3n) is 4.26. The minimum absolute atomic E-state index is 0. The summed E-state index contributed by atoms with van der Waals surface area (Å²) in [6, 6.07) is 6.24. The molecule has 1 saturated heterocycles. The largest absolute Gasteiger partial charge is 0.391 e. The number of benzene rings is 1. The summed E-state index contributed by atoms with van der Waals surface area (Å²) < 4.78 is 15.5. The van der Waals surface area contributed by atoms with Crippen LogP contribution in [0.4, 0.5) is 4.39 Å². The number of β-amino-alcohol motifs (C(OH)–C–C–N with tert-alkyl or cyclic N) is 1. The molecular formula is C17H23ClFN5O2. The molecule has 3 N–H and O–H groups in total. The number of nitrogens with one attached hydrogen (secondary N) is 2. The molecule has 0 aliphatic carbocycles. The molecule has 1 aromatic carbocycles. The van der Waals surface area contributed by atoms with Crippen molar-refractivity contribution < 1.29 is 14.3 Å². The van der Waals surface area contributed by atoms with Crippen molar-refractivity contribution >= 4 is 18.3 Å². The quantitative estimate of drug-likeness (QED) is 0.723. The fourth-order valence-electron chi connectivity index (χ4n) is 2.83. The average Bonchev–Trinajstić information content (AvgIpc) is 3.19. The van der Waals surface area contributed by atoms with Crippen LogP contribution in [-0.4, -0.2) is 51.5 Å². The lowest BCUT2D eigenvalue weighted by Crippen LogP contribution is -2.34. The molecule has 9 heteroatoms. The molecule has 1 aromatic heterocycles. The molecule has 0 radical (unpaired) electrons. The summed E-state index contributed by atoms with van der Waals surface area (Å²) in [5, 5.41) is 19.8. The first-order valence-electron chi connectivity index (χ1n) is 8.36. The Hall–Kier alpha value is -2.03. The topological polar surface area (TPSA) is 92.1 Å². The van der Waals surface area contributed by atoms with Crippen molar-refractivity contribution in [2.45, 2.75) is 25.9 Å². The smallest absolute Gasteiger partial charge is 0.290 e. The Morgan fingerprint density at radius 2 is 2.15 bits per heavy atom. The van der Waals surface area contributed by atoms with Crippen LogP contribution in [0.25, 0.3) is 5.69 Å². The molecule has 1 aliphatic heterocycles. The van der Waals surface area contributed by atoms with Crippen molar-refractivity contribution in [3.8, 4) is 5.69 Å². The van der Waals surface area contributed by atoms with Crippen molar-refractivity contribution in [1.29, 1.82) is 0 Å². The van der Waals surface area contributed by atoms with Crippen LogP contribution >= 0.6 is 12.4 Å². The van der Waals surface area contributed by atoms with Crippen molar-refractivity contribution in [1.82, 2.24) is 25.4 Å². The lowest BCUT2D eigenvalue weighted by Gasteiger charge is -2.12. The molecule has 3 rings (SSSR count). The Labute approximate surface area is 157 Å². The lowest BCUT2D eigenvalue weighted by atomic mass is 10.1. The highest BCUT2D eigenvalue weighted by Crippen LogP contribution is 2.19. The van der Waals surface area contributed by atoms with E-state index in [1.165, 1.54) is 10.7 Å². The van der Waals surface area contributed by atoms with E-state index >= 15 is 0 Å². The zero-order valence-corrected chi connectivity index (χ0v) is 15.5. The number of carbonyl (C=O) groups excluding carboxylic acids is 1. The maximum Gasteiger partial charge on any atom is 0.290 e. The van der Waals surface area contributed by atoms with Crippen molar-refractivity contribution in [2.24, 2.45) is 5.92 Å². The zero-order valence-electron chi connectivity index (χ0n) is 14.6. The summed E-state index contributed by atoms with van der Waals surface area (Å²) >= 11 is 0. The van der Waals surface area contributed by atoms with E-state index in [1.54, 1.807) is 18.2 Å². The number of nitrogens with zero attached hydrogens (tertiary/aromatic N) is 3. The van der Waals surface area contributed by atoms with E-state index in [4.69, 9.17) is 0 Å². The highest BCUT2D eigenvalue weighted by atomic mass is 35.5. The third kappa shape index (κ3) is 4.20. The van der Waals surface area contributed by atoms with Crippen LogP contribution in [0.5, 0.6) is 0 Å². The van der Waals surface area contributed by atoms with Gasteiger partial charge in [0, 0.05) is 31.5 Å². The number of hydrogen-bond donors (Lipinski definition) is 3. The average molecular weight is 384 g/mol. The Balaban J connectivity index is 0.00000243. The Kier molecular flexibility index (Phi) is 6.69. The van der Waals surface area contributed by atoms with Crippen LogP contribution in [0.15, 0.2) is 24.3 Å². The maximum absolute atomic E-state index is 14.1. The number of rotatable bonds is 5. The van der Waals surface area contributed by atoms with Crippen molar-refractivity contribution in [3.63, 3.8) is 0 Å². The van der Waals surface area contributed by atoms with Gasteiger partial charge in [0.2, 0.25) is 5.82 Å². The van der Waals surface area contributed by atoms with Crippen molar-refractivity contribution in [2.75, 3.05) is 19.6 Å². The first kappa shape index (κ1) is 20.3. The SMILES string of the molecule is CC(C)c1nc(C(=O)NCC2CNCC2O)nn1-c1ccccc1F.Cl. The number of aromatic nitrogens is 3. The summed E-state index contributed by atoms with van der Waals surface area (Å²) in [5.41, 5.74) is 0.258. The molecule has 0 saturated carbocycles. The number of hydrogen-bond acceptors (Lipinski definition) is 5. The molecule has 26 heavy (non-hydrogen) atoms. The van der Waals surface area contributed by atoms with E-state index < -0.39 is 17.8 Å². The predicted octanol–water partition coefficient (Wildman–Crippen LogP) is 1.26. The highest BCUT2D eigenvalue weighted by Gasteiger charge is 2.26. The molecule has 2 unspecified atom stereocenters. The van der Waals surface area contributed by atoms with Gasteiger partial charge in [0.1, 0.15) is 17.3 Å². The van der Waals surface area contributed by atoms with Crippen LogP contribution in [0.3, 0.4) is 0 Å². The first-order chi connectivity index (χ1) is 12.0. The number of aliphatic hydroxyl groups excluding tert-OH is 1. The van der Waals surface area contributed by atoms with Gasteiger partial charge in [-0.2, -0.15) is 0 Å². The highest BCUT2D eigenvalue weighted by molar-refractivity contribution is 5.90. The Morgan fingerprint density at radius 1 is 1.42 bits per heavy atom. The third-order valence-corrected chi connectivity index (χ3v) is 4.26. The molecule has 2 aromatic rings. The van der Waals surface area contributed by atoms with Gasteiger partial charge in [-0.25, -0.2) is 14.1 Å². The van der Waals surface area contributed by atoms with Crippen LogP contribution in [0, 0.1) is 11.7 Å². The van der Waals surface area contributed by atoms with Gasteiger partial charge in [-0.15, -0.1) is 17.5 Å². The fraction of sp³-hybridized carbons (Fsp3) is 0.471. The van der Waals surface area contributed by atoms with Gasteiger partial charge in [-0.3, -0.25) is 4.79 Å². The lowest BCUT2D eigenvalue weighted by molar-refractivity contribution is 0.0917. The number of halogens is 2. The molecule has 1 aliphatic rings. The normalized spacial score (nSPS) is 19.4. The van der Waals surface area contributed by atoms with Gasteiger partial charge < -0.3 is 15.7 Å². The molecule has 0 spiro atoms.